The van der Waals surface area contributed by atoms with Crippen LogP contribution in [0.2, 0.25) is 0 Å². The summed E-state index contributed by atoms with van der Waals surface area (Å²) in [5.41, 5.74) is 4.01. The molecule has 34 heavy (non-hydrogen) atoms. The van der Waals surface area contributed by atoms with E-state index in [1.807, 2.05) is 62.3 Å². The van der Waals surface area contributed by atoms with Crippen LogP contribution < -0.4 is 15.5 Å². The fourth-order valence-electron chi connectivity index (χ4n) is 3.46. The van der Waals surface area contributed by atoms with Gasteiger partial charge in [-0.05, 0) is 66.6 Å². The third-order valence-corrected chi connectivity index (χ3v) is 5.25. The SMILES string of the molecule is C/C=C/c1ccc2nc(N(C)C)nc(NCc3ccc(C(=O)Nc4ccc(F)cc4)cc3)c2c1. The second-order valence-electron chi connectivity index (χ2n) is 8.05. The largest absolute Gasteiger partial charge is 0.365 e. The Labute approximate surface area is 198 Å². The van der Waals surface area contributed by atoms with Crippen molar-refractivity contribution in [2.45, 2.75) is 13.5 Å². The molecule has 0 unspecified atom stereocenters. The van der Waals surface area contributed by atoms with Gasteiger partial charge in [-0.25, -0.2) is 9.37 Å². The summed E-state index contributed by atoms with van der Waals surface area (Å²) in [4.78, 5) is 23.7. The number of carbonyl (C=O) groups excluding carboxylic acids is 1. The first-order valence-electron chi connectivity index (χ1n) is 10.9. The smallest absolute Gasteiger partial charge is 0.255 e. The van der Waals surface area contributed by atoms with Gasteiger partial charge in [0.15, 0.2) is 0 Å². The van der Waals surface area contributed by atoms with E-state index in [1.165, 1.54) is 24.3 Å². The van der Waals surface area contributed by atoms with Gasteiger partial charge in [-0.2, -0.15) is 4.98 Å². The number of fused-ring (bicyclic) bond motifs is 1. The molecule has 1 amide bonds. The maximum atomic E-state index is 13.1. The highest BCUT2D eigenvalue weighted by Crippen LogP contribution is 2.25. The zero-order valence-electron chi connectivity index (χ0n) is 19.3. The molecule has 6 nitrogen and oxygen atoms in total. The molecule has 1 aromatic heterocycles. The van der Waals surface area contributed by atoms with Gasteiger partial charge in [0, 0.05) is 37.3 Å². The highest BCUT2D eigenvalue weighted by Gasteiger charge is 2.11. The third-order valence-electron chi connectivity index (χ3n) is 5.25. The average molecular weight is 456 g/mol. The lowest BCUT2D eigenvalue weighted by atomic mass is 10.1. The number of hydrogen-bond donors (Lipinski definition) is 2. The van der Waals surface area contributed by atoms with E-state index in [4.69, 9.17) is 4.98 Å². The quantitative estimate of drug-likeness (QED) is 0.372. The number of anilines is 3. The standard InChI is InChI=1S/C27H26FN5O/c1-4-5-18-8-15-24-23(16-18)25(32-27(31-24)33(2)3)29-17-19-6-9-20(10-7-19)26(34)30-22-13-11-21(28)12-14-22/h4-16H,17H2,1-3H3,(H,30,34)(H,29,31,32)/b5-4+. The highest BCUT2D eigenvalue weighted by molar-refractivity contribution is 6.04. The summed E-state index contributed by atoms with van der Waals surface area (Å²) in [7, 11) is 3.82. The van der Waals surface area contributed by atoms with Crippen molar-refractivity contribution in [3.63, 3.8) is 0 Å². The minimum absolute atomic E-state index is 0.250. The number of hydrogen-bond acceptors (Lipinski definition) is 5. The topological polar surface area (TPSA) is 70.2 Å². The van der Waals surface area contributed by atoms with E-state index in [-0.39, 0.29) is 11.7 Å². The van der Waals surface area contributed by atoms with Gasteiger partial charge in [0.25, 0.3) is 5.91 Å². The molecule has 0 aliphatic heterocycles. The van der Waals surface area contributed by atoms with Crippen LogP contribution in [0.4, 0.5) is 21.8 Å². The van der Waals surface area contributed by atoms with Crippen molar-refractivity contribution in [2.24, 2.45) is 0 Å². The van der Waals surface area contributed by atoms with Crippen LogP contribution in [0.15, 0.2) is 72.8 Å². The fourth-order valence-corrected chi connectivity index (χ4v) is 3.46. The van der Waals surface area contributed by atoms with Crippen molar-refractivity contribution in [1.82, 2.24) is 9.97 Å². The lowest BCUT2D eigenvalue weighted by Gasteiger charge is -2.15. The van der Waals surface area contributed by atoms with Crippen molar-refractivity contribution in [2.75, 3.05) is 29.6 Å². The number of nitrogens with one attached hydrogen (secondary N) is 2. The Balaban J connectivity index is 1.51. The molecule has 0 aliphatic carbocycles. The van der Waals surface area contributed by atoms with Crippen LogP contribution in [0, 0.1) is 5.82 Å². The maximum Gasteiger partial charge on any atom is 0.255 e. The van der Waals surface area contributed by atoms with Gasteiger partial charge >= 0.3 is 0 Å². The summed E-state index contributed by atoms with van der Waals surface area (Å²) in [6.45, 7) is 2.52. The van der Waals surface area contributed by atoms with Crippen LogP contribution in [-0.4, -0.2) is 30.0 Å². The minimum Gasteiger partial charge on any atom is -0.365 e. The maximum absolute atomic E-state index is 13.1. The molecular formula is C27H26FN5O. The third kappa shape index (κ3) is 5.38. The molecule has 0 spiro atoms. The number of nitrogens with zero attached hydrogens (tertiary/aromatic N) is 3. The van der Waals surface area contributed by atoms with Crippen LogP contribution >= 0.6 is 0 Å². The Bertz CT molecular complexity index is 1330. The van der Waals surface area contributed by atoms with Gasteiger partial charge in [-0.1, -0.05) is 30.4 Å². The van der Waals surface area contributed by atoms with Gasteiger partial charge in [-0.15, -0.1) is 0 Å². The predicted octanol–water partition coefficient (Wildman–Crippen LogP) is 5.73. The van der Waals surface area contributed by atoms with Crippen LogP contribution in [0.5, 0.6) is 0 Å². The molecule has 0 fully saturated rings. The zero-order chi connectivity index (χ0) is 24.1. The van der Waals surface area contributed by atoms with E-state index in [0.717, 1.165) is 27.8 Å². The number of benzene rings is 3. The fraction of sp³-hybridized carbons (Fsp3) is 0.148. The van der Waals surface area contributed by atoms with Crippen molar-refractivity contribution in [1.29, 1.82) is 0 Å². The molecule has 3 aromatic carbocycles. The van der Waals surface area contributed by atoms with Gasteiger partial charge in [0.2, 0.25) is 5.95 Å². The van der Waals surface area contributed by atoms with Gasteiger partial charge in [0.1, 0.15) is 11.6 Å². The van der Waals surface area contributed by atoms with E-state index < -0.39 is 0 Å². The molecule has 0 atom stereocenters. The Morgan fingerprint density at radius 3 is 2.41 bits per heavy atom. The lowest BCUT2D eigenvalue weighted by molar-refractivity contribution is 0.102. The lowest BCUT2D eigenvalue weighted by Crippen LogP contribution is -2.14. The first-order chi connectivity index (χ1) is 16.4. The first kappa shape index (κ1) is 22.9. The van der Waals surface area contributed by atoms with Crippen LogP contribution in [0.1, 0.15) is 28.4 Å². The minimum atomic E-state index is -0.345. The highest BCUT2D eigenvalue weighted by atomic mass is 19.1. The molecule has 2 N–H and O–H groups in total. The summed E-state index contributed by atoms with van der Waals surface area (Å²) in [6, 6.07) is 19.1. The monoisotopic (exact) mass is 455 g/mol. The Kier molecular flexibility index (Phi) is 6.82. The van der Waals surface area contributed by atoms with E-state index in [2.05, 4.69) is 21.7 Å². The molecule has 0 bridgehead atoms. The Hall–Kier alpha value is -4.26. The summed E-state index contributed by atoms with van der Waals surface area (Å²) in [5, 5.41) is 7.13. The van der Waals surface area contributed by atoms with Crippen molar-refractivity contribution in [3.05, 3.63) is 95.3 Å². The normalized spacial score (nSPS) is 11.1. The van der Waals surface area contributed by atoms with Gasteiger partial charge in [0.05, 0.1) is 5.52 Å². The summed E-state index contributed by atoms with van der Waals surface area (Å²) in [5.74, 6) is 0.780. The molecule has 0 aliphatic rings. The van der Waals surface area contributed by atoms with E-state index in [1.54, 1.807) is 12.1 Å². The van der Waals surface area contributed by atoms with E-state index in [0.29, 0.717) is 23.7 Å². The molecule has 4 aromatic rings. The van der Waals surface area contributed by atoms with Crippen molar-refractivity contribution in [3.8, 4) is 0 Å². The molecule has 4 rings (SSSR count). The molecular weight excluding hydrogens is 429 g/mol. The molecule has 0 radical (unpaired) electrons. The van der Waals surface area contributed by atoms with Gasteiger partial charge < -0.3 is 15.5 Å². The number of halogens is 1. The van der Waals surface area contributed by atoms with Crippen LogP contribution in [0.3, 0.4) is 0 Å². The number of carbonyl (C=O) groups is 1. The van der Waals surface area contributed by atoms with Crippen molar-refractivity contribution < 1.29 is 9.18 Å². The number of rotatable bonds is 7. The predicted molar refractivity (Wildman–Crippen MR) is 137 cm³/mol. The molecule has 1 heterocycles. The molecule has 0 saturated heterocycles. The summed E-state index contributed by atoms with van der Waals surface area (Å²) >= 11 is 0. The van der Waals surface area contributed by atoms with Crippen LogP contribution in [0.25, 0.3) is 17.0 Å². The number of aromatic nitrogens is 2. The van der Waals surface area contributed by atoms with Crippen LogP contribution in [-0.2, 0) is 6.54 Å². The second-order valence-corrected chi connectivity index (χ2v) is 8.05. The van der Waals surface area contributed by atoms with Gasteiger partial charge in [-0.3, -0.25) is 4.79 Å². The molecule has 7 heteroatoms. The number of allylic oxidation sites excluding steroid dienone is 1. The van der Waals surface area contributed by atoms with E-state index >= 15 is 0 Å². The summed E-state index contributed by atoms with van der Waals surface area (Å²) < 4.78 is 13.1. The van der Waals surface area contributed by atoms with E-state index in [9.17, 15) is 9.18 Å². The molecule has 0 saturated carbocycles. The summed E-state index contributed by atoms with van der Waals surface area (Å²) in [6.07, 6.45) is 4.04. The van der Waals surface area contributed by atoms with Crippen molar-refractivity contribution >= 4 is 40.3 Å². The second kappa shape index (κ2) is 10.1. The average Bonchev–Trinajstić information content (AvgIpc) is 2.84. The Morgan fingerprint density at radius 1 is 1.00 bits per heavy atom. The first-order valence-corrected chi connectivity index (χ1v) is 10.9. The number of amides is 1. The Morgan fingerprint density at radius 2 is 1.74 bits per heavy atom. The molecule has 172 valence electrons. The zero-order valence-corrected chi connectivity index (χ0v) is 19.3.